The molecule has 0 aromatic heterocycles. The molecule has 1 aromatic carbocycles. The largest absolute Gasteiger partial charge is 0.383 e. The summed E-state index contributed by atoms with van der Waals surface area (Å²) in [5.74, 6) is -0.458. The zero-order valence-corrected chi connectivity index (χ0v) is 14.6. The molecular formula is C15H21ClN2O4S. The Morgan fingerprint density at radius 2 is 2.09 bits per heavy atom. The van der Waals surface area contributed by atoms with Crippen LogP contribution in [0.3, 0.4) is 0 Å². The van der Waals surface area contributed by atoms with E-state index in [0.29, 0.717) is 37.6 Å². The number of nitrogens with one attached hydrogen (secondary N) is 1. The first-order valence-corrected chi connectivity index (χ1v) is 9.29. The fraction of sp³-hybridized carbons (Fsp3) is 0.533. The number of nitrogens with zero attached hydrogens (tertiary/aromatic N) is 1. The molecule has 6 nitrogen and oxygen atoms in total. The highest BCUT2D eigenvalue weighted by molar-refractivity contribution is 7.89. The van der Waals surface area contributed by atoms with Crippen LogP contribution in [0.25, 0.3) is 0 Å². The van der Waals surface area contributed by atoms with Crippen LogP contribution in [0.2, 0.25) is 5.02 Å². The minimum atomic E-state index is -3.60. The van der Waals surface area contributed by atoms with Crippen molar-refractivity contribution in [3.63, 3.8) is 0 Å². The van der Waals surface area contributed by atoms with E-state index in [4.69, 9.17) is 16.3 Å². The van der Waals surface area contributed by atoms with Crippen molar-refractivity contribution in [2.24, 2.45) is 5.92 Å². The summed E-state index contributed by atoms with van der Waals surface area (Å²) in [6.07, 6.45) is 1.35. The lowest BCUT2D eigenvalue weighted by Crippen LogP contribution is -2.45. The van der Waals surface area contributed by atoms with Crippen molar-refractivity contribution in [2.45, 2.75) is 17.7 Å². The zero-order valence-electron chi connectivity index (χ0n) is 13.0. The summed E-state index contributed by atoms with van der Waals surface area (Å²) in [5.41, 5.74) is 0. The Morgan fingerprint density at radius 1 is 1.39 bits per heavy atom. The highest BCUT2D eigenvalue weighted by Crippen LogP contribution is 2.24. The third kappa shape index (κ3) is 4.67. The van der Waals surface area contributed by atoms with E-state index in [0.717, 1.165) is 0 Å². The van der Waals surface area contributed by atoms with Gasteiger partial charge in [-0.2, -0.15) is 4.31 Å². The van der Waals surface area contributed by atoms with Gasteiger partial charge in [0, 0.05) is 31.8 Å². The molecule has 1 fully saturated rings. The van der Waals surface area contributed by atoms with Gasteiger partial charge in [-0.15, -0.1) is 0 Å². The third-order valence-corrected chi connectivity index (χ3v) is 5.94. The number of amides is 1. The molecule has 2 rings (SSSR count). The molecule has 1 aliphatic rings. The molecule has 1 heterocycles. The normalized spacial score (nSPS) is 19.5. The molecule has 1 atom stereocenters. The topological polar surface area (TPSA) is 75.7 Å². The highest BCUT2D eigenvalue weighted by atomic mass is 35.5. The maximum atomic E-state index is 12.7. The second-order valence-corrected chi connectivity index (χ2v) is 7.81. The van der Waals surface area contributed by atoms with Gasteiger partial charge in [0.1, 0.15) is 0 Å². The zero-order chi connectivity index (χ0) is 16.9. The van der Waals surface area contributed by atoms with Crippen molar-refractivity contribution >= 4 is 27.5 Å². The van der Waals surface area contributed by atoms with Gasteiger partial charge in [0.2, 0.25) is 15.9 Å². The van der Waals surface area contributed by atoms with Crippen LogP contribution in [0, 0.1) is 5.92 Å². The Kier molecular flexibility index (Phi) is 6.41. The number of rotatable bonds is 6. The Morgan fingerprint density at radius 3 is 2.74 bits per heavy atom. The van der Waals surface area contributed by atoms with Crippen molar-refractivity contribution in [2.75, 3.05) is 33.4 Å². The van der Waals surface area contributed by atoms with Gasteiger partial charge in [-0.3, -0.25) is 4.79 Å². The molecule has 1 N–H and O–H groups in total. The molecule has 23 heavy (non-hydrogen) atoms. The van der Waals surface area contributed by atoms with E-state index in [1.54, 1.807) is 19.2 Å². The first-order chi connectivity index (χ1) is 10.9. The molecule has 1 saturated heterocycles. The van der Waals surface area contributed by atoms with Crippen LogP contribution in [0.5, 0.6) is 0 Å². The molecule has 1 aromatic rings. The predicted octanol–water partition coefficient (Wildman–Crippen LogP) is 1.50. The van der Waals surface area contributed by atoms with Crippen molar-refractivity contribution in [1.82, 2.24) is 9.62 Å². The van der Waals surface area contributed by atoms with Gasteiger partial charge in [0.05, 0.1) is 17.4 Å². The number of hydrogen-bond donors (Lipinski definition) is 1. The Labute approximate surface area is 141 Å². The average Bonchev–Trinajstić information content (AvgIpc) is 2.55. The van der Waals surface area contributed by atoms with Crippen LogP contribution in [0.4, 0.5) is 0 Å². The summed E-state index contributed by atoms with van der Waals surface area (Å²) in [6, 6.07) is 6.07. The summed E-state index contributed by atoms with van der Waals surface area (Å²) in [6.45, 7) is 1.48. The molecule has 1 amide bonds. The number of carbonyl (C=O) groups is 1. The van der Waals surface area contributed by atoms with Gasteiger partial charge < -0.3 is 10.1 Å². The van der Waals surface area contributed by atoms with Gasteiger partial charge in [-0.1, -0.05) is 11.6 Å². The molecule has 0 saturated carbocycles. The lowest BCUT2D eigenvalue weighted by atomic mass is 9.99. The van der Waals surface area contributed by atoms with E-state index in [-0.39, 0.29) is 23.3 Å². The van der Waals surface area contributed by atoms with Crippen LogP contribution < -0.4 is 5.32 Å². The number of halogens is 1. The number of carbonyl (C=O) groups excluding carboxylic acids is 1. The van der Waals surface area contributed by atoms with Gasteiger partial charge in [-0.25, -0.2) is 8.42 Å². The number of hydrogen-bond acceptors (Lipinski definition) is 4. The molecule has 0 unspecified atom stereocenters. The number of methoxy groups -OCH3 is 1. The first kappa shape index (κ1) is 18.2. The molecule has 1 aliphatic heterocycles. The minimum Gasteiger partial charge on any atom is -0.383 e. The van der Waals surface area contributed by atoms with Gasteiger partial charge in [0.25, 0.3) is 0 Å². The molecule has 0 bridgehead atoms. The number of piperidine rings is 1. The molecule has 8 heteroatoms. The van der Waals surface area contributed by atoms with E-state index in [2.05, 4.69) is 5.32 Å². The molecule has 0 spiro atoms. The number of benzene rings is 1. The monoisotopic (exact) mass is 360 g/mol. The van der Waals surface area contributed by atoms with Crippen LogP contribution in [0.15, 0.2) is 29.2 Å². The van der Waals surface area contributed by atoms with E-state index in [9.17, 15) is 13.2 Å². The first-order valence-electron chi connectivity index (χ1n) is 7.47. The summed E-state index contributed by atoms with van der Waals surface area (Å²) >= 11 is 5.80. The average molecular weight is 361 g/mol. The number of ether oxygens (including phenoxy) is 1. The van der Waals surface area contributed by atoms with Crippen LogP contribution >= 0.6 is 11.6 Å². The lowest BCUT2D eigenvalue weighted by molar-refractivity contribution is -0.126. The van der Waals surface area contributed by atoms with Crippen molar-refractivity contribution in [3.05, 3.63) is 29.3 Å². The highest BCUT2D eigenvalue weighted by Gasteiger charge is 2.33. The van der Waals surface area contributed by atoms with Crippen molar-refractivity contribution in [1.29, 1.82) is 0 Å². The molecular weight excluding hydrogens is 340 g/mol. The molecule has 128 valence electrons. The standard InChI is InChI=1S/C15H21ClN2O4S/c1-22-10-8-17-15(19)12-3-2-9-18(11-12)23(20,21)14-6-4-13(16)5-7-14/h4-7,12H,2-3,8-11H2,1H3,(H,17,19)/t12-/m1/s1. The second-order valence-electron chi connectivity index (χ2n) is 5.44. The van der Waals surface area contributed by atoms with Gasteiger partial charge in [-0.05, 0) is 37.1 Å². The summed E-state index contributed by atoms with van der Waals surface area (Å²) in [5, 5.41) is 3.25. The number of sulfonamides is 1. The Bertz CT molecular complexity index is 633. The maximum Gasteiger partial charge on any atom is 0.243 e. The molecule has 0 aliphatic carbocycles. The lowest BCUT2D eigenvalue weighted by Gasteiger charge is -2.31. The van der Waals surface area contributed by atoms with Gasteiger partial charge >= 0.3 is 0 Å². The smallest absolute Gasteiger partial charge is 0.243 e. The van der Waals surface area contributed by atoms with Crippen LogP contribution in [-0.2, 0) is 19.6 Å². The van der Waals surface area contributed by atoms with E-state index in [1.807, 2.05) is 0 Å². The minimum absolute atomic E-state index is 0.127. The molecule has 0 radical (unpaired) electrons. The SMILES string of the molecule is COCCNC(=O)[C@@H]1CCCN(S(=O)(=O)c2ccc(Cl)cc2)C1. The van der Waals surface area contributed by atoms with E-state index in [1.165, 1.54) is 16.4 Å². The summed E-state index contributed by atoms with van der Waals surface area (Å²) in [4.78, 5) is 12.3. The third-order valence-electron chi connectivity index (χ3n) is 3.81. The fourth-order valence-electron chi connectivity index (χ4n) is 2.55. The van der Waals surface area contributed by atoms with E-state index < -0.39 is 10.0 Å². The van der Waals surface area contributed by atoms with Crippen LogP contribution in [-0.4, -0.2) is 52.0 Å². The predicted molar refractivity (Wildman–Crippen MR) is 87.8 cm³/mol. The van der Waals surface area contributed by atoms with Gasteiger partial charge in [0.15, 0.2) is 0 Å². The van der Waals surface area contributed by atoms with E-state index >= 15 is 0 Å². The van der Waals surface area contributed by atoms with Crippen molar-refractivity contribution in [3.8, 4) is 0 Å². The van der Waals surface area contributed by atoms with Crippen LogP contribution in [0.1, 0.15) is 12.8 Å². The second kappa shape index (κ2) is 8.10. The van der Waals surface area contributed by atoms with Crippen molar-refractivity contribution < 1.29 is 17.9 Å². The Balaban J connectivity index is 2.05. The quantitative estimate of drug-likeness (QED) is 0.780. The summed E-state index contributed by atoms with van der Waals surface area (Å²) in [7, 11) is -2.04. The summed E-state index contributed by atoms with van der Waals surface area (Å²) < 4.78 is 31.6. The fourth-order valence-corrected chi connectivity index (χ4v) is 4.20. The Hall–Kier alpha value is -1.15. The maximum absolute atomic E-state index is 12.7.